The Balaban J connectivity index is 2.28. The largest absolute Gasteiger partial charge is 0.320 e. The number of hydrazine groups is 1. The van der Waals surface area contributed by atoms with E-state index in [0.29, 0.717) is 15.9 Å². The number of anilines is 2. The fourth-order valence-corrected chi connectivity index (χ4v) is 2.40. The molecule has 0 fully saturated rings. The lowest BCUT2D eigenvalue weighted by atomic mass is 10.2. The fourth-order valence-electron chi connectivity index (χ4n) is 1.50. The summed E-state index contributed by atoms with van der Waals surface area (Å²) in [6.45, 7) is 0. The number of benzene rings is 1. The van der Waals surface area contributed by atoms with Gasteiger partial charge in [-0.05, 0) is 40.2 Å². The molecule has 0 radical (unpaired) electrons. The summed E-state index contributed by atoms with van der Waals surface area (Å²) in [7, 11) is 0. The van der Waals surface area contributed by atoms with Crippen LogP contribution in [0, 0.1) is 5.82 Å². The average Bonchev–Trinajstić information content (AvgIpc) is 2.42. The van der Waals surface area contributed by atoms with Gasteiger partial charge in [-0.25, -0.2) is 15.2 Å². The first kappa shape index (κ1) is 14.7. The van der Waals surface area contributed by atoms with E-state index in [-0.39, 0.29) is 10.7 Å². The summed E-state index contributed by atoms with van der Waals surface area (Å²) in [5, 5.41) is 2.69. The summed E-state index contributed by atoms with van der Waals surface area (Å²) in [4.78, 5) is 16.0. The molecular formula is C12H9BrClFN4O. The minimum atomic E-state index is -0.501. The van der Waals surface area contributed by atoms with Gasteiger partial charge >= 0.3 is 0 Å². The van der Waals surface area contributed by atoms with Gasteiger partial charge in [0.15, 0.2) is 0 Å². The maximum absolute atomic E-state index is 13.1. The highest BCUT2D eigenvalue weighted by Gasteiger charge is 2.13. The number of halogens is 3. The summed E-state index contributed by atoms with van der Waals surface area (Å²) < 4.78 is 13.5. The number of nitrogens with zero attached hydrogens (tertiary/aromatic N) is 1. The molecule has 5 nitrogen and oxygen atoms in total. The van der Waals surface area contributed by atoms with Gasteiger partial charge in [-0.15, -0.1) is 0 Å². The summed E-state index contributed by atoms with van der Waals surface area (Å²) >= 11 is 9.04. The first-order chi connectivity index (χ1) is 9.51. The SMILES string of the molecule is NNc1cc(C(=O)Nc2c(Cl)cc(F)cc2Br)ccn1. The molecule has 0 atom stereocenters. The second-order valence-electron chi connectivity index (χ2n) is 3.77. The molecule has 2 rings (SSSR count). The van der Waals surface area contributed by atoms with Gasteiger partial charge in [0.25, 0.3) is 5.91 Å². The molecule has 0 aliphatic heterocycles. The van der Waals surface area contributed by atoms with Gasteiger partial charge in [0.2, 0.25) is 0 Å². The van der Waals surface area contributed by atoms with E-state index in [1.807, 2.05) is 0 Å². The van der Waals surface area contributed by atoms with Crippen molar-refractivity contribution in [1.29, 1.82) is 0 Å². The Morgan fingerprint density at radius 3 is 2.80 bits per heavy atom. The van der Waals surface area contributed by atoms with Crippen LogP contribution in [0.4, 0.5) is 15.9 Å². The number of aromatic nitrogens is 1. The zero-order chi connectivity index (χ0) is 14.7. The molecule has 1 aromatic carbocycles. The molecule has 0 unspecified atom stereocenters. The van der Waals surface area contributed by atoms with Crippen LogP contribution in [-0.4, -0.2) is 10.9 Å². The zero-order valence-corrected chi connectivity index (χ0v) is 12.3. The van der Waals surface area contributed by atoms with Crippen molar-refractivity contribution in [2.75, 3.05) is 10.7 Å². The molecule has 1 aromatic heterocycles. The van der Waals surface area contributed by atoms with Gasteiger partial charge in [-0.3, -0.25) is 4.79 Å². The van der Waals surface area contributed by atoms with E-state index in [0.717, 1.165) is 6.07 Å². The Morgan fingerprint density at radius 1 is 1.40 bits per heavy atom. The van der Waals surface area contributed by atoms with E-state index >= 15 is 0 Å². The van der Waals surface area contributed by atoms with Gasteiger partial charge in [-0.1, -0.05) is 11.6 Å². The first-order valence-electron chi connectivity index (χ1n) is 5.40. The van der Waals surface area contributed by atoms with Crippen molar-refractivity contribution < 1.29 is 9.18 Å². The van der Waals surface area contributed by atoms with E-state index < -0.39 is 11.7 Å². The quantitative estimate of drug-likeness (QED) is 0.581. The van der Waals surface area contributed by atoms with Gasteiger partial charge < -0.3 is 10.7 Å². The van der Waals surface area contributed by atoms with Gasteiger partial charge in [-0.2, -0.15) is 0 Å². The van der Waals surface area contributed by atoms with Crippen molar-refractivity contribution >= 4 is 44.9 Å². The Morgan fingerprint density at radius 2 is 2.15 bits per heavy atom. The normalized spacial score (nSPS) is 10.2. The number of nitrogens with one attached hydrogen (secondary N) is 2. The predicted octanol–water partition coefficient (Wildman–Crippen LogP) is 3.17. The lowest BCUT2D eigenvalue weighted by Crippen LogP contribution is -2.15. The molecule has 4 N–H and O–H groups in total. The number of hydrogen-bond acceptors (Lipinski definition) is 4. The van der Waals surface area contributed by atoms with E-state index in [9.17, 15) is 9.18 Å². The highest BCUT2D eigenvalue weighted by atomic mass is 79.9. The van der Waals surface area contributed by atoms with Crippen LogP contribution in [0.2, 0.25) is 5.02 Å². The molecule has 0 aliphatic rings. The molecule has 2 aromatic rings. The van der Waals surface area contributed by atoms with Crippen molar-refractivity contribution in [3.8, 4) is 0 Å². The standard InChI is InChI=1S/C12H9BrClFN4O/c13-8-4-7(15)5-9(14)11(8)18-12(20)6-1-2-17-10(3-6)19-16/h1-5H,16H2,(H,17,19)(H,18,20). The van der Waals surface area contributed by atoms with Crippen molar-refractivity contribution in [1.82, 2.24) is 4.98 Å². The minimum Gasteiger partial charge on any atom is -0.320 e. The molecule has 20 heavy (non-hydrogen) atoms. The lowest BCUT2D eigenvalue weighted by molar-refractivity contribution is 0.102. The van der Waals surface area contributed by atoms with Crippen LogP contribution in [0.3, 0.4) is 0 Å². The molecule has 0 spiro atoms. The number of carbonyl (C=O) groups excluding carboxylic acids is 1. The molecule has 1 heterocycles. The molecule has 0 saturated heterocycles. The van der Waals surface area contributed by atoms with Gasteiger partial charge in [0, 0.05) is 16.2 Å². The average molecular weight is 360 g/mol. The van der Waals surface area contributed by atoms with Crippen LogP contribution in [0.15, 0.2) is 34.9 Å². The Bertz CT molecular complexity index is 645. The first-order valence-corrected chi connectivity index (χ1v) is 6.57. The third-order valence-corrected chi connectivity index (χ3v) is 3.34. The number of carbonyl (C=O) groups is 1. The summed E-state index contributed by atoms with van der Waals surface area (Å²) in [5.41, 5.74) is 2.96. The van der Waals surface area contributed by atoms with Crippen molar-refractivity contribution in [2.24, 2.45) is 5.84 Å². The molecule has 0 saturated carbocycles. The molecular weight excluding hydrogens is 351 g/mol. The van der Waals surface area contributed by atoms with Crippen molar-refractivity contribution in [3.05, 3.63) is 51.3 Å². The van der Waals surface area contributed by atoms with E-state index in [4.69, 9.17) is 17.4 Å². The Hall–Kier alpha value is -1.70. The predicted molar refractivity (Wildman–Crippen MR) is 79.1 cm³/mol. The molecule has 0 aliphatic carbocycles. The smallest absolute Gasteiger partial charge is 0.255 e. The Labute approximate surface area is 127 Å². The summed E-state index contributed by atoms with van der Waals surface area (Å²) in [5.74, 6) is 4.65. The fraction of sp³-hybridized carbons (Fsp3) is 0. The van der Waals surface area contributed by atoms with Crippen molar-refractivity contribution in [3.63, 3.8) is 0 Å². The number of pyridine rings is 1. The Kier molecular flexibility index (Phi) is 4.53. The number of nitrogens with two attached hydrogens (primary N) is 1. The maximum atomic E-state index is 13.1. The monoisotopic (exact) mass is 358 g/mol. The topological polar surface area (TPSA) is 80.0 Å². The van der Waals surface area contributed by atoms with Crippen LogP contribution in [0.1, 0.15) is 10.4 Å². The summed E-state index contributed by atoms with van der Waals surface area (Å²) in [6, 6.07) is 5.31. The van der Waals surface area contributed by atoms with Gasteiger partial charge in [0.1, 0.15) is 11.6 Å². The van der Waals surface area contributed by atoms with Crippen LogP contribution < -0.4 is 16.6 Å². The van der Waals surface area contributed by atoms with Gasteiger partial charge in [0.05, 0.1) is 10.7 Å². The third-order valence-electron chi connectivity index (χ3n) is 2.42. The summed E-state index contributed by atoms with van der Waals surface area (Å²) in [6.07, 6.45) is 1.44. The van der Waals surface area contributed by atoms with E-state index in [1.165, 1.54) is 24.4 Å². The molecule has 1 amide bonds. The van der Waals surface area contributed by atoms with E-state index in [1.54, 1.807) is 0 Å². The number of rotatable bonds is 3. The maximum Gasteiger partial charge on any atom is 0.255 e. The van der Waals surface area contributed by atoms with Crippen LogP contribution in [-0.2, 0) is 0 Å². The van der Waals surface area contributed by atoms with Crippen molar-refractivity contribution in [2.45, 2.75) is 0 Å². The number of nitrogen functional groups attached to an aromatic ring is 1. The van der Waals surface area contributed by atoms with Crippen LogP contribution in [0.5, 0.6) is 0 Å². The molecule has 8 heteroatoms. The molecule has 0 bridgehead atoms. The second-order valence-corrected chi connectivity index (χ2v) is 5.03. The lowest BCUT2D eigenvalue weighted by Gasteiger charge is -2.10. The minimum absolute atomic E-state index is 0.0939. The number of hydrogen-bond donors (Lipinski definition) is 3. The van der Waals surface area contributed by atoms with E-state index in [2.05, 4.69) is 31.7 Å². The highest BCUT2D eigenvalue weighted by Crippen LogP contribution is 2.32. The van der Waals surface area contributed by atoms with Crippen LogP contribution >= 0.6 is 27.5 Å². The zero-order valence-electron chi connectivity index (χ0n) is 9.95. The number of amides is 1. The highest BCUT2D eigenvalue weighted by molar-refractivity contribution is 9.10. The third kappa shape index (κ3) is 3.24. The second kappa shape index (κ2) is 6.17. The molecule has 104 valence electrons. The van der Waals surface area contributed by atoms with Crippen LogP contribution in [0.25, 0.3) is 0 Å².